The van der Waals surface area contributed by atoms with Crippen molar-refractivity contribution in [2.75, 3.05) is 24.6 Å². The van der Waals surface area contributed by atoms with Crippen molar-refractivity contribution in [3.8, 4) is 0 Å². The zero-order valence-electron chi connectivity index (χ0n) is 22.5. The lowest BCUT2D eigenvalue weighted by Gasteiger charge is -2.20. The molecule has 2 aliphatic carbocycles. The van der Waals surface area contributed by atoms with Gasteiger partial charge in [0.05, 0.1) is 11.1 Å². The molecule has 0 fully saturated rings. The lowest BCUT2D eigenvalue weighted by molar-refractivity contribution is -0.127. The van der Waals surface area contributed by atoms with Gasteiger partial charge in [-0.2, -0.15) is 0 Å². The molecule has 2 atom stereocenters. The van der Waals surface area contributed by atoms with Crippen LogP contribution in [0.2, 0.25) is 0 Å². The van der Waals surface area contributed by atoms with Crippen LogP contribution in [0.4, 0.5) is 0 Å². The fraction of sp³-hybridized carbons (Fsp3) is 0.500. The van der Waals surface area contributed by atoms with Crippen LogP contribution in [0, 0.1) is 11.8 Å². The van der Waals surface area contributed by atoms with Gasteiger partial charge in [0.2, 0.25) is 11.8 Å². The summed E-state index contributed by atoms with van der Waals surface area (Å²) in [7, 11) is 3.19. The normalized spacial score (nSPS) is 14.9. The van der Waals surface area contributed by atoms with Crippen LogP contribution >= 0.6 is 21.6 Å². The van der Waals surface area contributed by atoms with E-state index in [-0.39, 0.29) is 35.5 Å². The Kier molecular flexibility index (Phi) is 13.9. The standard InChI is InChI=1S/C28H38N4O4S2/c1-19(2)17-23(31-25(33)21-9-5-6-10-21)27(35)29-13-15-37-38-16-14-30-28(36)24(18-20(3)4)32-26(34)22-11-7-8-12-22/h5-9,11,19-20,23-24H,13-18H2,1-4H3,(H,29,35)(H,30,36)(H,31,33)(H,32,34)/t23-,24-/m0/s1. The molecule has 0 saturated heterocycles. The monoisotopic (exact) mass is 558 g/mol. The molecule has 0 bridgehead atoms. The maximum absolute atomic E-state index is 12.7. The Balaban J connectivity index is 1.65. The molecule has 0 aromatic carbocycles. The highest BCUT2D eigenvalue weighted by Crippen LogP contribution is 2.19. The van der Waals surface area contributed by atoms with E-state index in [1.807, 2.05) is 27.7 Å². The summed E-state index contributed by atoms with van der Waals surface area (Å²) in [5.74, 6) is 0.859. The lowest BCUT2D eigenvalue weighted by Crippen LogP contribution is -2.48. The van der Waals surface area contributed by atoms with E-state index >= 15 is 0 Å². The summed E-state index contributed by atoms with van der Waals surface area (Å²) in [6.07, 6.45) is 11.2. The lowest BCUT2D eigenvalue weighted by atomic mass is 10.0. The molecule has 0 unspecified atom stereocenters. The van der Waals surface area contributed by atoms with Gasteiger partial charge in [-0.05, 0) is 49.0 Å². The molecule has 0 radical (unpaired) electrons. The summed E-state index contributed by atoms with van der Waals surface area (Å²) in [6.45, 7) is 8.97. The van der Waals surface area contributed by atoms with Crippen LogP contribution in [0.3, 0.4) is 0 Å². The van der Waals surface area contributed by atoms with Crippen LogP contribution in [-0.4, -0.2) is 60.3 Å². The molecule has 8 nitrogen and oxygen atoms in total. The molecule has 0 aromatic heterocycles. The Morgan fingerprint density at radius 2 is 1.11 bits per heavy atom. The van der Waals surface area contributed by atoms with Crippen molar-refractivity contribution in [2.45, 2.75) is 52.6 Å². The molecule has 0 spiro atoms. The molecule has 0 saturated carbocycles. The molecule has 0 aliphatic heterocycles. The van der Waals surface area contributed by atoms with Crippen molar-refractivity contribution in [1.29, 1.82) is 0 Å². The van der Waals surface area contributed by atoms with E-state index in [2.05, 4.69) is 32.7 Å². The first-order chi connectivity index (χ1) is 18.2. The molecule has 206 valence electrons. The van der Waals surface area contributed by atoms with Gasteiger partial charge in [-0.1, -0.05) is 61.4 Å². The van der Waals surface area contributed by atoms with Crippen molar-refractivity contribution in [1.82, 2.24) is 21.3 Å². The summed E-state index contributed by atoms with van der Waals surface area (Å²) < 4.78 is 0. The number of carbonyl (C=O) groups is 4. The average Bonchev–Trinajstić information content (AvgIpc) is 3.58. The number of nitrogens with one attached hydrogen (secondary N) is 4. The summed E-state index contributed by atoms with van der Waals surface area (Å²) in [6, 6.07) is -1.20. The summed E-state index contributed by atoms with van der Waals surface area (Å²) >= 11 is 0. The van der Waals surface area contributed by atoms with Crippen molar-refractivity contribution >= 4 is 45.2 Å². The van der Waals surface area contributed by atoms with E-state index in [1.165, 1.54) is 0 Å². The quantitative estimate of drug-likeness (QED) is 0.124. The Labute approximate surface area is 233 Å². The van der Waals surface area contributed by atoms with Crippen LogP contribution in [0.25, 0.3) is 0 Å². The minimum Gasteiger partial charge on any atom is -0.353 e. The van der Waals surface area contributed by atoms with E-state index in [0.717, 1.165) is 0 Å². The van der Waals surface area contributed by atoms with Crippen LogP contribution in [0.15, 0.2) is 59.1 Å². The maximum atomic E-state index is 12.7. The number of rotatable bonds is 17. The maximum Gasteiger partial charge on any atom is 0.259 e. The van der Waals surface area contributed by atoms with Gasteiger partial charge >= 0.3 is 0 Å². The van der Waals surface area contributed by atoms with Crippen molar-refractivity contribution in [3.05, 3.63) is 59.1 Å². The molecule has 10 heteroatoms. The molecule has 2 rings (SSSR count). The average molecular weight is 559 g/mol. The molecule has 0 aromatic rings. The molecule has 4 amide bonds. The van der Waals surface area contributed by atoms with E-state index in [0.29, 0.717) is 48.6 Å². The SMILES string of the molecule is CC(C)C[C@H](NC(=O)C1=C=CC=C1)C(=O)NCCSSCCNC(=O)[C@H](CC(C)C)NC(=O)C1=C=CC=C1. The molecule has 0 heterocycles. The minimum atomic E-state index is -0.602. The van der Waals surface area contributed by atoms with Gasteiger partial charge in [0.25, 0.3) is 11.8 Å². The first-order valence-corrected chi connectivity index (χ1v) is 15.3. The van der Waals surface area contributed by atoms with Crippen molar-refractivity contribution in [2.24, 2.45) is 11.8 Å². The van der Waals surface area contributed by atoms with Crippen LogP contribution in [0.1, 0.15) is 40.5 Å². The second kappa shape index (κ2) is 16.8. The minimum absolute atomic E-state index is 0.200. The van der Waals surface area contributed by atoms with E-state index < -0.39 is 12.1 Å². The molecule has 2 aliphatic rings. The topological polar surface area (TPSA) is 116 Å². The zero-order chi connectivity index (χ0) is 27.9. The fourth-order valence-corrected chi connectivity index (χ4v) is 5.43. The Morgan fingerprint density at radius 1 is 0.711 bits per heavy atom. The molecular weight excluding hydrogens is 520 g/mol. The van der Waals surface area contributed by atoms with Gasteiger partial charge in [0.1, 0.15) is 12.1 Å². The number of allylic oxidation sites excluding steroid dienone is 2. The second-order valence-corrected chi connectivity index (χ2v) is 12.4. The molecule has 38 heavy (non-hydrogen) atoms. The number of carbonyl (C=O) groups excluding carboxylic acids is 4. The Morgan fingerprint density at radius 3 is 1.42 bits per heavy atom. The Hall–Kier alpha value is -2.90. The fourth-order valence-electron chi connectivity index (χ4n) is 3.62. The van der Waals surface area contributed by atoms with E-state index in [4.69, 9.17) is 0 Å². The van der Waals surface area contributed by atoms with Gasteiger partial charge in [-0.3, -0.25) is 19.2 Å². The highest BCUT2D eigenvalue weighted by molar-refractivity contribution is 8.76. The smallest absolute Gasteiger partial charge is 0.259 e. The zero-order valence-corrected chi connectivity index (χ0v) is 24.1. The van der Waals surface area contributed by atoms with Crippen LogP contribution in [-0.2, 0) is 19.2 Å². The number of amides is 4. The van der Waals surface area contributed by atoms with Crippen molar-refractivity contribution < 1.29 is 19.2 Å². The third-order valence-electron chi connectivity index (χ3n) is 5.40. The van der Waals surface area contributed by atoms with Gasteiger partial charge in [0.15, 0.2) is 0 Å². The molecule has 4 N–H and O–H groups in total. The predicted octanol–water partition coefficient (Wildman–Crippen LogP) is 2.96. The first-order valence-electron chi connectivity index (χ1n) is 12.9. The third-order valence-corrected chi connectivity index (χ3v) is 7.80. The summed E-state index contributed by atoms with van der Waals surface area (Å²) in [5, 5.41) is 11.4. The van der Waals surface area contributed by atoms with Gasteiger partial charge in [-0.25, -0.2) is 0 Å². The first kappa shape index (κ1) is 31.3. The number of hydrogen-bond donors (Lipinski definition) is 4. The molecular formula is C28H38N4O4S2. The summed E-state index contributed by atoms with van der Waals surface area (Å²) in [4.78, 5) is 50.0. The highest BCUT2D eigenvalue weighted by atomic mass is 33.1. The van der Waals surface area contributed by atoms with E-state index in [9.17, 15) is 19.2 Å². The van der Waals surface area contributed by atoms with Crippen LogP contribution in [0.5, 0.6) is 0 Å². The predicted molar refractivity (Wildman–Crippen MR) is 155 cm³/mol. The Bertz CT molecular complexity index is 981. The van der Waals surface area contributed by atoms with Crippen LogP contribution < -0.4 is 21.3 Å². The highest BCUT2D eigenvalue weighted by Gasteiger charge is 2.24. The summed E-state index contributed by atoms with van der Waals surface area (Å²) in [5.41, 5.74) is 6.54. The van der Waals surface area contributed by atoms with E-state index in [1.54, 1.807) is 58.0 Å². The van der Waals surface area contributed by atoms with Crippen molar-refractivity contribution in [3.63, 3.8) is 0 Å². The number of hydrogen-bond acceptors (Lipinski definition) is 6. The van der Waals surface area contributed by atoms with Gasteiger partial charge < -0.3 is 21.3 Å². The largest absolute Gasteiger partial charge is 0.353 e. The van der Waals surface area contributed by atoms with Gasteiger partial charge in [0, 0.05) is 24.6 Å². The van der Waals surface area contributed by atoms with Gasteiger partial charge in [-0.15, -0.1) is 11.5 Å². The second-order valence-electron chi connectivity index (χ2n) is 9.70. The third kappa shape index (κ3) is 11.7.